The molecule has 0 bridgehead atoms. The summed E-state index contributed by atoms with van der Waals surface area (Å²) in [4.78, 5) is 26.1. The van der Waals surface area contributed by atoms with E-state index >= 15 is 0 Å². The van der Waals surface area contributed by atoms with Crippen LogP contribution >= 0.6 is 11.3 Å². The molecule has 6 nitrogen and oxygen atoms in total. The summed E-state index contributed by atoms with van der Waals surface area (Å²) in [5.41, 5.74) is 0.914. The zero-order valence-electron chi connectivity index (χ0n) is 18.0. The molecule has 0 atom stereocenters. The second kappa shape index (κ2) is 8.18. The van der Waals surface area contributed by atoms with E-state index in [-0.39, 0.29) is 32.3 Å². The lowest BCUT2D eigenvalue weighted by Gasteiger charge is -2.29. The van der Waals surface area contributed by atoms with Crippen molar-refractivity contribution in [2.24, 2.45) is 5.41 Å². The molecule has 1 heterocycles. The van der Waals surface area contributed by atoms with Crippen molar-refractivity contribution >= 4 is 38.6 Å². The number of anilines is 1. The average Bonchev–Trinajstić information content (AvgIpc) is 3.09. The molecule has 1 N–H and O–H groups in total. The molecule has 1 aromatic heterocycles. The minimum atomic E-state index is -3.63. The van der Waals surface area contributed by atoms with E-state index in [1.54, 1.807) is 24.3 Å². The molecule has 0 spiro atoms. The van der Waals surface area contributed by atoms with E-state index < -0.39 is 15.7 Å². The van der Waals surface area contributed by atoms with Gasteiger partial charge in [-0.2, -0.15) is 0 Å². The number of ether oxygens (including phenoxy) is 1. The Kier molecular flexibility index (Phi) is 5.68. The molecule has 2 aromatic carbocycles. The Morgan fingerprint density at radius 1 is 1.00 bits per heavy atom. The van der Waals surface area contributed by atoms with Crippen LogP contribution in [0.15, 0.2) is 58.8 Å². The van der Waals surface area contributed by atoms with E-state index in [9.17, 15) is 18.0 Å². The Labute approximate surface area is 191 Å². The van der Waals surface area contributed by atoms with Crippen LogP contribution in [0.3, 0.4) is 0 Å². The lowest BCUT2D eigenvalue weighted by atomic mass is 9.74. The smallest absolute Gasteiger partial charge is 0.266 e. The summed E-state index contributed by atoms with van der Waals surface area (Å²) in [6.45, 7) is 3.89. The lowest BCUT2D eigenvalue weighted by Crippen LogP contribution is -2.28. The van der Waals surface area contributed by atoms with E-state index in [4.69, 9.17) is 4.74 Å². The topological polar surface area (TPSA) is 89.5 Å². The Balaban J connectivity index is 1.61. The maximum absolute atomic E-state index is 13.1. The van der Waals surface area contributed by atoms with Gasteiger partial charge < -0.3 is 10.1 Å². The monoisotopic (exact) mass is 469 g/mol. The average molecular weight is 470 g/mol. The minimum absolute atomic E-state index is 0.0234. The molecule has 1 amide bonds. The zero-order chi connectivity index (χ0) is 23.1. The van der Waals surface area contributed by atoms with E-state index in [1.165, 1.54) is 0 Å². The number of sulfone groups is 1. The van der Waals surface area contributed by atoms with Crippen LogP contribution in [-0.2, 0) is 16.3 Å². The van der Waals surface area contributed by atoms with Crippen LogP contribution in [0, 0.1) is 5.41 Å². The van der Waals surface area contributed by atoms with Gasteiger partial charge in [0.05, 0.1) is 10.4 Å². The Morgan fingerprint density at radius 2 is 1.62 bits per heavy atom. The first kappa shape index (κ1) is 22.2. The maximum Gasteiger partial charge on any atom is 0.266 e. The van der Waals surface area contributed by atoms with Crippen LogP contribution in [0.5, 0.6) is 11.5 Å². The van der Waals surface area contributed by atoms with E-state index in [0.717, 1.165) is 17.6 Å². The number of thiophene rings is 1. The highest BCUT2D eigenvalue weighted by Gasteiger charge is 2.39. The normalized spacial score (nSPS) is 15.2. The first-order chi connectivity index (χ1) is 15.0. The number of amides is 1. The van der Waals surface area contributed by atoms with Gasteiger partial charge >= 0.3 is 0 Å². The lowest BCUT2D eigenvalue weighted by molar-refractivity contribution is 0.0909. The van der Waals surface area contributed by atoms with Gasteiger partial charge in [0.25, 0.3) is 5.91 Å². The predicted molar refractivity (Wildman–Crippen MR) is 125 cm³/mol. The van der Waals surface area contributed by atoms with Crippen LogP contribution in [-0.4, -0.2) is 26.4 Å². The fourth-order valence-corrected chi connectivity index (χ4v) is 6.25. The van der Waals surface area contributed by atoms with Gasteiger partial charge in [0, 0.05) is 18.4 Å². The van der Waals surface area contributed by atoms with Crippen molar-refractivity contribution < 1.29 is 22.7 Å². The number of rotatable bonds is 5. The van der Waals surface area contributed by atoms with Crippen molar-refractivity contribution in [2.75, 3.05) is 11.6 Å². The first-order valence-electron chi connectivity index (χ1n) is 10.1. The van der Waals surface area contributed by atoms with Gasteiger partial charge in [0.2, 0.25) is 0 Å². The summed E-state index contributed by atoms with van der Waals surface area (Å²) in [7, 11) is -3.63. The molecule has 1 aliphatic rings. The van der Waals surface area contributed by atoms with Crippen molar-refractivity contribution in [3.63, 3.8) is 0 Å². The molecule has 0 radical (unpaired) electrons. The number of nitrogens with one attached hydrogen (secondary N) is 1. The van der Waals surface area contributed by atoms with Gasteiger partial charge in [0.15, 0.2) is 15.6 Å². The van der Waals surface area contributed by atoms with Gasteiger partial charge in [-0.05, 0) is 53.8 Å². The second-order valence-corrected chi connectivity index (χ2v) is 11.9. The van der Waals surface area contributed by atoms with Crippen molar-refractivity contribution in [2.45, 2.75) is 30.9 Å². The number of Topliss-reactive ketones (excluding diaryl/α,β-unsaturated/α-hetero) is 1. The number of hydrogen-bond donors (Lipinski definition) is 1. The van der Waals surface area contributed by atoms with E-state index in [0.29, 0.717) is 29.2 Å². The largest absolute Gasteiger partial charge is 0.457 e. The number of benzene rings is 2. The second-order valence-electron chi connectivity index (χ2n) is 8.68. The van der Waals surface area contributed by atoms with Crippen LogP contribution in [0.2, 0.25) is 0 Å². The van der Waals surface area contributed by atoms with Crippen molar-refractivity contribution in [3.8, 4) is 11.5 Å². The van der Waals surface area contributed by atoms with Crippen molar-refractivity contribution in [1.82, 2.24) is 0 Å². The highest BCUT2D eigenvalue weighted by Crippen LogP contribution is 2.43. The van der Waals surface area contributed by atoms with Gasteiger partial charge in [-0.3, -0.25) is 9.59 Å². The van der Waals surface area contributed by atoms with Gasteiger partial charge in [0.1, 0.15) is 15.7 Å². The minimum Gasteiger partial charge on any atom is -0.457 e. The third kappa shape index (κ3) is 4.61. The molecule has 8 heteroatoms. The molecule has 0 unspecified atom stereocenters. The van der Waals surface area contributed by atoms with Crippen LogP contribution < -0.4 is 10.1 Å². The fourth-order valence-electron chi connectivity index (χ4n) is 3.82. The summed E-state index contributed by atoms with van der Waals surface area (Å²) in [5.74, 6) is 0.669. The summed E-state index contributed by atoms with van der Waals surface area (Å²) in [5, 5.41) is 2.82. The van der Waals surface area contributed by atoms with Crippen LogP contribution in [0.25, 0.3) is 0 Å². The molecule has 1 aliphatic carbocycles. The van der Waals surface area contributed by atoms with Crippen LogP contribution in [0.4, 0.5) is 5.69 Å². The summed E-state index contributed by atoms with van der Waals surface area (Å²) in [6, 6.07) is 16.2. The number of ketones is 1. The van der Waals surface area contributed by atoms with Crippen LogP contribution in [0.1, 0.15) is 45.9 Å². The number of fused-ring (bicyclic) bond motifs is 1. The van der Waals surface area contributed by atoms with Gasteiger partial charge in [-0.15, -0.1) is 11.3 Å². The summed E-state index contributed by atoms with van der Waals surface area (Å²) >= 11 is 0.873. The number of para-hydroxylation sites is 1. The summed E-state index contributed by atoms with van der Waals surface area (Å²) < 4.78 is 30.3. The molecule has 0 saturated carbocycles. The molecule has 0 saturated heterocycles. The van der Waals surface area contributed by atoms with Gasteiger partial charge in [-0.25, -0.2) is 8.42 Å². The highest BCUT2D eigenvalue weighted by molar-refractivity contribution is 7.92. The van der Waals surface area contributed by atoms with Gasteiger partial charge in [-0.1, -0.05) is 32.0 Å². The van der Waals surface area contributed by atoms with E-state index in [1.807, 2.05) is 44.2 Å². The van der Waals surface area contributed by atoms with E-state index in [2.05, 4.69) is 5.32 Å². The predicted octanol–water partition coefficient (Wildman–Crippen LogP) is 5.35. The highest BCUT2D eigenvalue weighted by atomic mass is 32.2. The maximum atomic E-state index is 13.1. The SMILES string of the molecule is CC1(C)CC(=O)c2c(S(C)(=O)=O)sc(C(=O)Nc3ccc(Oc4ccccc4)cc3)c2C1. The Morgan fingerprint density at radius 3 is 2.25 bits per heavy atom. The number of carbonyl (C=O) groups is 2. The molecule has 166 valence electrons. The molecule has 32 heavy (non-hydrogen) atoms. The molecular formula is C24H23NO5S2. The quantitative estimate of drug-likeness (QED) is 0.544. The molecule has 0 aliphatic heterocycles. The molecule has 4 rings (SSSR count). The first-order valence-corrected chi connectivity index (χ1v) is 12.8. The fraction of sp³-hybridized carbons (Fsp3) is 0.250. The third-order valence-electron chi connectivity index (χ3n) is 5.18. The molecular weight excluding hydrogens is 446 g/mol. The van der Waals surface area contributed by atoms with Crippen molar-refractivity contribution in [1.29, 1.82) is 0 Å². The molecule has 0 fully saturated rings. The third-order valence-corrected chi connectivity index (χ3v) is 8.24. The number of carbonyl (C=O) groups excluding carboxylic acids is 2. The molecule has 3 aromatic rings. The summed E-state index contributed by atoms with van der Waals surface area (Å²) in [6.07, 6.45) is 1.79. The number of hydrogen-bond acceptors (Lipinski definition) is 6. The van der Waals surface area contributed by atoms with Crippen molar-refractivity contribution in [3.05, 3.63) is 70.6 Å². The zero-order valence-corrected chi connectivity index (χ0v) is 19.6. The standard InChI is InChI=1S/C24H23NO5S2/c1-24(2)13-18-20(19(26)14-24)23(32(3,28)29)31-21(18)22(27)25-15-9-11-17(12-10-15)30-16-7-5-4-6-8-16/h4-12H,13-14H2,1-3H3,(H,25,27). The Bertz CT molecular complexity index is 1290. The Hall–Kier alpha value is -2.97.